The number of fused-ring (bicyclic) bond motifs is 10. The van der Waals surface area contributed by atoms with E-state index in [1.165, 1.54) is 190 Å². The predicted molar refractivity (Wildman–Crippen MR) is 319 cm³/mol. The quantitative estimate of drug-likeness (QED) is 0.0871. The van der Waals surface area contributed by atoms with E-state index in [9.17, 15) is 4.79 Å². The largest absolute Gasteiger partial charge is 0.489 e. The maximum atomic E-state index is 11.1. The molecule has 0 N–H and O–H groups in total. The number of aryl methyl sites for hydroxylation is 1. The predicted octanol–water partition coefficient (Wildman–Crippen LogP) is 14.2. The van der Waals surface area contributed by atoms with E-state index in [4.69, 9.17) is 23.8 Å². The Bertz CT molecular complexity index is 3000. The maximum absolute atomic E-state index is 11.1. The molecule has 2 saturated carbocycles. The molecule has 0 radical (unpaired) electrons. The van der Waals surface area contributed by atoms with Gasteiger partial charge in [0.2, 0.25) is 0 Å². The maximum Gasteiger partial charge on any atom is 0.373 e. The molecule has 422 valence electrons. The fourth-order valence-electron chi connectivity index (χ4n) is 14.5. The zero-order valence-corrected chi connectivity index (χ0v) is 47.9. The summed E-state index contributed by atoms with van der Waals surface area (Å²) in [5.41, 5.74) is 14.7. The highest BCUT2D eigenvalue weighted by molar-refractivity contribution is 5.97. The van der Waals surface area contributed by atoms with Crippen LogP contribution in [0.25, 0.3) is 44.3 Å². The summed E-state index contributed by atoms with van der Waals surface area (Å²) in [5, 5.41) is 2.77. The number of hydrogen-bond donors (Lipinski definition) is 0. The van der Waals surface area contributed by atoms with E-state index < -0.39 is 0 Å². The van der Waals surface area contributed by atoms with Gasteiger partial charge >= 0.3 is 6.15 Å². The minimum atomic E-state index is 0.250. The number of carbonyl (C=O) groups is 1. The van der Waals surface area contributed by atoms with Crippen LogP contribution in [-0.2, 0) is 27.5 Å². The van der Waals surface area contributed by atoms with Crippen LogP contribution in [0.4, 0.5) is 11.4 Å². The lowest BCUT2D eigenvalue weighted by molar-refractivity contribution is -0.191. The van der Waals surface area contributed by atoms with Crippen molar-refractivity contribution in [3.8, 4) is 39.8 Å². The lowest BCUT2D eigenvalue weighted by Crippen LogP contribution is -2.38. The molecule has 79 heavy (non-hydrogen) atoms. The van der Waals surface area contributed by atoms with Gasteiger partial charge in [-0.1, -0.05) is 89.5 Å². The van der Waals surface area contributed by atoms with Crippen LogP contribution in [0.2, 0.25) is 0 Å². The third-order valence-corrected chi connectivity index (χ3v) is 18.1. The van der Waals surface area contributed by atoms with E-state index in [0.29, 0.717) is 30.7 Å². The Morgan fingerprint density at radius 3 is 1.46 bits per heavy atom. The van der Waals surface area contributed by atoms with Crippen molar-refractivity contribution in [2.75, 3.05) is 88.5 Å². The van der Waals surface area contributed by atoms with Crippen molar-refractivity contribution in [3.05, 3.63) is 89.5 Å². The number of para-hydroxylation sites is 2. The zero-order valence-electron chi connectivity index (χ0n) is 47.9. The molecule has 6 aromatic rings. The molecule has 12 nitrogen and oxygen atoms in total. The highest BCUT2D eigenvalue weighted by atomic mass is 16.5. The van der Waals surface area contributed by atoms with Crippen LogP contribution in [0, 0.1) is 6.92 Å². The van der Waals surface area contributed by atoms with Crippen molar-refractivity contribution < 1.29 is 28.6 Å². The second-order valence-electron chi connectivity index (χ2n) is 23.3. The molecule has 12 heteroatoms. The van der Waals surface area contributed by atoms with Gasteiger partial charge in [0.05, 0.1) is 41.4 Å². The summed E-state index contributed by atoms with van der Waals surface area (Å²) < 4.78 is 23.6. The molecule has 4 fully saturated rings. The van der Waals surface area contributed by atoms with Crippen molar-refractivity contribution in [1.82, 2.24) is 18.9 Å². The summed E-state index contributed by atoms with van der Waals surface area (Å²) >= 11 is 0. The Morgan fingerprint density at radius 1 is 0.557 bits per heavy atom. The summed E-state index contributed by atoms with van der Waals surface area (Å²) in [6, 6.07) is 27.0. The Labute approximate surface area is 470 Å². The molecule has 4 aromatic carbocycles. The SMILES string of the molecule is CCCN(CCN1CCCCC1)c1cccc2c1OCCn1c-2c(C2CCCCC2)c2ccc(C)cc21.CCCN(CCN1CCCCC1)c1cccc2c1OCCn1c-2c(C2CCCCC2)c2ccc(OC=O)cc21.O=C=O. The first-order valence-electron chi connectivity index (χ1n) is 30.8. The third kappa shape index (κ3) is 12.6. The van der Waals surface area contributed by atoms with Crippen molar-refractivity contribution in [1.29, 1.82) is 0 Å². The van der Waals surface area contributed by atoms with E-state index in [0.717, 1.165) is 88.8 Å². The van der Waals surface area contributed by atoms with E-state index in [1.807, 2.05) is 12.1 Å². The number of likely N-dealkylation sites (tertiary alicyclic amines) is 2. The molecular formula is C67H88N6O6. The molecule has 2 saturated heterocycles. The lowest BCUT2D eigenvalue weighted by Gasteiger charge is -2.32. The molecule has 0 unspecified atom stereocenters. The molecule has 6 heterocycles. The highest BCUT2D eigenvalue weighted by Gasteiger charge is 2.33. The minimum absolute atomic E-state index is 0.250. The van der Waals surface area contributed by atoms with Gasteiger partial charge in [-0.3, -0.25) is 4.79 Å². The molecule has 2 aromatic heterocycles. The molecular weight excluding hydrogens is 985 g/mol. The molecule has 6 aliphatic rings. The number of nitrogens with zero attached hydrogens (tertiary/aromatic N) is 6. The van der Waals surface area contributed by atoms with Crippen LogP contribution in [0.3, 0.4) is 0 Å². The number of hydrogen-bond acceptors (Lipinski definition) is 10. The van der Waals surface area contributed by atoms with Crippen molar-refractivity contribution in [2.24, 2.45) is 0 Å². The first kappa shape index (κ1) is 56.2. The standard InChI is InChI=1S/C33H43N3O3.C33H45N3O.CO2/c1-2-16-35(20-19-34-17-7-4-8-18-34)29-13-9-12-28-32-31(25-10-5-3-6-11-25)27-15-14-26(39-24-37)23-30(27)36(32)21-22-38-33(28)29;1-3-17-35(21-20-34-18-8-5-9-19-34)29-14-10-13-28-32-31(26-11-6-4-7-12-26)27-16-15-25(2)24-30(27)36(32)22-23-37-33(28)29;2-1-3/h9,12-15,23-25H,2-8,10-11,16-22H2,1H3;10,13-16,24,26H,3-9,11-12,17-23H2,1-2H3;. The number of anilines is 2. The van der Waals surface area contributed by atoms with Gasteiger partial charge < -0.3 is 42.9 Å². The third-order valence-electron chi connectivity index (χ3n) is 18.1. The van der Waals surface area contributed by atoms with Gasteiger partial charge in [0.25, 0.3) is 6.47 Å². The van der Waals surface area contributed by atoms with Gasteiger partial charge in [-0.05, 0) is 168 Å². The van der Waals surface area contributed by atoms with Crippen LogP contribution >= 0.6 is 0 Å². The Balaban J connectivity index is 0.000000170. The first-order chi connectivity index (χ1) is 38.9. The second kappa shape index (κ2) is 27.4. The summed E-state index contributed by atoms with van der Waals surface area (Å²) in [6.45, 7) is 21.8. The molecule has 0 atom stereocenters. The Morgan fingerprint density at radius 2 is 1.00 bits per heavy atom. The molecule has 12 rings (SSSR count). The molecule has 0 spiro atoms. The van der Waals surface area contributed by atoms with E-state index in [2.05, 4.69) is 110 Å². The van der Waals surface area contributed by atoms with Crippen LogP contribution in [0.15, 0.2) is 72.8 Å². The summed E-state index contributed by atoms with van der Waals surface area (Å²) in [5.74, 6) is 3.93. The normalized spacial score (nSPS) is 17.9. The number of carbonyl (C=O) groups excluding carboxylic acids is 3. The Kier molecular flexibility index (Phi) is 19.5. The summed E-state index contributed by atoms with van der Waals surface area (Å²) in [7, 11) is 0. The Hall–Kier alpha value is -6.07. The molecule has 4 aliphatic heterocycles. The van der Waals surface area contributed by atoms with Gasteiger partial charge in [0.15, 0.2) is 11.5 Å². The van der Waals surface area contributed by atoms with Crippen LogP contribution in [-0.4, -0.2) is 110 Å². The fraction of sp³-hybridized carbons (Fsp3) is 0.552. The second-order valence-corrected chi connectivity index (χ2v) is 23.3. The average molecular weight is 1070 g/mol. The van der Waals surface area contributed by atoms with E-state index >= 15 is 0 Å². The van der Waals surface area contributed by atoms with Gasteiger partial charge in [0, 0.05) is 72.8 Å². The number of aromatic nitrogens is 2. The van der Waals surface area contributed by atoms with Crippen LogP contribution in [0.5, 0.6) is 17.2 Å². The zero-order chi connectivity index (χ0) is 54.5. The number of piperidine rings is 2. The van der Waals surface area contributed by atoms with Gasteiger partial charge in [-0.25, -0.2) is 0 Å². The molecule has 2 aliphatic carbocycles. The monoisotopic (exact) mass is 1070 g/mol. The topological polar surface area (TPSA) is 102 Å². The number of benzene rings is 4. The summed E-state index contributed by atoms with van der Waals surface area (Å²) in [4.78, 5) is 37.8. The van der Waals surface area contributed by atoms with E-state index in [1.54, 1.807) is 5.56 Å². The van der Waals surface area contributed by atoms with Crippen molar-refractivity contribution in [2.45, 2.75) is 161 Å². The van der Waals surface area contributed by atoms with Crippen molar-refractivity contribution in [3.63, 3.8) is 0 Å². The van der Waals surface area contributed by atoms with Crippen LogP contribution < -0.4 is 24.0 Å². The molecule has 0 amide bonds. The summed E-state index contributed by atoms with van der Waals surface area (Å²) in [6.07, 6.45) is 23.7. The van der Waals surface area contributed by atoms with Gasteiger partial charge in [-0.2, -0.15) is 9.59 Å². The van der Waals surface area contributed by atoms with Crippen LogP contribution in [0.1, 0.15) is 158 Å². The number of rotatable bonds is 16. The fourth-order valence-corrected chi connectivity index (χ4v) is 14.5. The minimum Gasteiger partial charge on any atom is -0.489 e. The van der Waals surface area contributed by atoms with Gasteiger partial charge in [0.1, 0.15) is 19.0 Å². The number of ether oxygens (including phenoxy) is 3. The lowest BCUT2D eigenvalue weighted by atomic mass is 9.81. The highest BCUT2D eigenvalue weighted by Crippen LogP contribution is 2.51. The average Bonchev–Trinajstić information content (AvgIpc) is 3.97. The smallest absolute Gasteiger partial charge is 0.373 e. The van der Waals surface area contributed by atoms with Gasteiger partial charge in [-0.15, -0.1) is 0 Å². The molecule has 0 bridgehead atoms. The van der Waals surface area contributed by atoms with E-state index in [-0.39, 0.29) is 6.15 Å². The van der Waals surface area contributed by atoms with Crippen molar-refractivity contribution >= 4 is 45.8 Å². The first-order valence-corrected chi connectivity index (χ1v) is 30.8.